The molecule has 0 atom stereocenters. The van der Waals surface area contributed by atoms with Gasteiger partial charge in [-0.2, -0.15) is 0 Å². The summed E-state index contributed by atoms with van der Waals surface area (Å²) < 4.78 is 0. The molecule has 4 nitrogen and oxygen atoms in total. The Morgan fingerprint density at radius 1 is 1.00 bits per heavy atom. The van der Waals surface area contributed by atoms with Crippen molar-refractivity contribution >= 4 is 5.91 Å². The molecular formula is C23H25N3O. The minimum atomic E-state index is 0.0175. The fourth-order valence-electron chi connectivity index (χ4n) is 3.04. The molecule has 138 valence electrons. The fraction of sp³-hybridized carbons (Fsp3) is 0.261. The maximum absolute atomic E-state index is 13.2. The average molecular weight is 359 g/mol. The van der Waals surface area contributed by atoms with Crippen molar-refractivity contribution in [3.63, 3.8) is 0 Å². The van der Waals surface area contributed by atoms with Crippen molar-refractivity contribution in [2.75, 3.05) is 6.54 Å². The Morgan fingerprint density at radius 3 is 2.56 bits per heavy atom. The SMILES string of the molecule is Cc1ccnc(-c2cccc(C(=O)N(Cc3ccccn3)CC(C)C)c2)c1. The average Bonchev–Trinajstić information content (AvgIpc) is 2.67. The van der Waals surface area contributed by atoms with Crippen molar-refractivity contribution in [2.45, 2.75) is 27.3 Å². The molecule has 27 heavy (non-hydrogen) atoms. The molecule has 2 aromatic heterocycles. The predicted octanol–water partition coefficient (Wildman–Crippen LogP) is 4.75. The summed E-state index contributed by atoms with van der Waals surface area (Å²) in [6.07, 6.45) is 3.56. The Bertz CT molecular complexity index is 906. The van der Waals surface area contributed by atoms with Crippen molar-refractivity contribution in [1.82, 2.24) is 14.9 Å². The lowest BCUT2D eigenvalue weighted by atomic mass is 10.0. The number of amides is 1. The van der Waals surface area contributed by atoms with Gasteiger partial charge in [-0.25, -0.2) is 0 Å². The molecule has 0 aliphatic heterocycles. The molecule has 1 amide bonds. The highest BCUT2D eigenvalue weighted by Crippen LogP contribution is 2.21. The molecule has 0 unspecified atom stereocenters. The van der Waals surface area contributed by atoms with Crippen LogP contribution in [-0.2, 0) is 6.54 Å². The van der Waals surface area contributed by atoms with Crippen LogP contribution in [0.25, 0.3) is 11.3 Å². The summed E-state index contributed by atoms with van der Waals surface area (Å²) in [6, 6.07) is 17.5. The molecule has 0 aliphatic rings. The van der Waals surface area contributed by atoms with Crippen LogP contribution in [0.2, 0.25) is 0 Å². The van der Waals surface area contributed by atoms with Gasteiger partial charge in [0.1, 0.15) is 0 Å². The third-order valence-electron chi connectivity index (χ3n) is 4.27. The Hall–Kier alpha value is -3.01. The Labute approximate surface area is 160 Å². The highest BCUT2D eigenvalue weighted by Gasteiger charge is 2.18. The van der Waals surface area contributed by atoms with E-state index in [4.69, 9.17) is 0 Å². The van der Waals surface area contributed by atoms with Crippen LogP contribution in [0.3, 0.4) is 0 Å². The fourth-order valence-corrected chi connectivity index (χ4v) is 3.04. The van der Waals surface area contributed by atoms with Crippen LogP contribution in [0.1, 0.15) is 35.5 Å². The molecule has 3 rings (SSSR count). The number of carbonyl (C=O) groups excluding carboxylic acids is 1. The van der Waals surface area contributed by atoms with Gasteiger partial charge < -0.3 is 4.90 Å². The Morgan fingerprint density at radius 2 is 1.85 bits per heavy atom. The number of carbonyl (C=O) groups is 1. The van der Waals surface area contributed by atoms with E-state index in [0.29, 0.717) is 24.6 Å². The molecule has 0 radical (unpaired) electrons. The molecule has 4 heteroatoms. The van der Waals surface area contributed by atoms with Crippen LogP contribution < -0.4 is 0 Å². The highest BCUT2D eigenvalue weighted by molar-refractivity contribution is 5.95. The van der Waals surface area contributed by atoms with Crippen molar-refractivity contribution in [3.8, 4) is 11.3 Å². The van der Waals surface area contributed by atoms with E-state index >= 15 is 0 Å². The molecular weight excluding hydrogens is 334 g/mol. The first-order chi connectivity index (χ1) is 13.0. The smallest absolute Gasteiger partial charge is 0.254 e. The maximum Gasteiger partial charge on any atom is 0.254 e. The summed E-state index contributed by atoms with van der Waals surface area (Å²) in [5, 5.41) is 0. The number of nitrogens with zero attached hydrogens (tertiary/aromatic N) is 3. The van der Waals surface area contributed by atoms with Crippen molar-refractivity contribution < 1.29 is 4.79 Å². The van der Waals surface area contributed by atoms with Crippen molar-refractivity contribution in [1.29, 1.82) is 0 Å². The van der Waals surface area contributed by atoms with Gasteiger partial charge in [-0.05, 0) is 54.8 Å². The van der Waals surface area contributed by atoms with E-state index in [9.17, 15) is 4.79 Å². The minimum absolute atomic E-state index is 0.0175. The number of aromatic nitrogens is 2. The van der Waals surface area contributed by atoms with Crippen LogP contribution in [0.5, 0.6) is 0 Å². The summed E-state index contributed by atoms with van der Waals surface area (Å²) in [5.74, 6) is 0.392. The lowest BCUT2D eigenvalue weighted by Gasteiger charge is -2.24. The lowest BCUT2D eigenvalue weighted by molar-refractivity contribution is 0.0720. The summed E-state index contributed by atoms with van der Waals surface area (Å²) in [5.41, 5.74) is 4.54. The first-order valence-electron chi connectivity index (χ1n) is 9.25. The number of aryl methyl sites for hydroxylation is 1. The lowest BCUT2D eigenvalue weighted by Crippen LogP contribution is -2.34. The summed E-state index contributed by atoms with van der Waals surface area (Å²) in [6.45, 7) is 7.46. The van der Waals surface area contributed by atoms with Gasteiger partial charge in [-0.15, -0.1) is 0 Å². The molecule has 0 spiro atoms. The van der Waals surface area contributed by atoms with Crippen LogP contribution in [0.4, 0.5) is 0 Å². The van der Waals surface area contributed by atoms with Gasteiger partial charge >= 0.3 is 0 Å². The van der Waals surface area contributed by atoms with E-state index in [1.807, 2.05) is 66.4 Å². The van der Waals surface area contributed by atoms with E-state index in [1.165, 1.54) is 0 Å². The zero-order valence-electron chi connectivity index (χ0n) is 16.1. The standard InChI is InChI=1S/C23H25N3O/c1-17(2)15-26(16-21-9-4-5-11-24-21)23(27)20-8-6-7-19(14-20)22-13-18(3)10-12-25-22/h4-14,17H,15-16H2,1-3H3. The molecule has 3 aromatic rings. The van der Waals surface area contributed by atoms with Gasteiger partial charge in [0.15, 0.2) is 0 Å². The third kappa shape index (κ3) is 5.00. The zero-order chi connectivity index (χ0) is 19.2. The Kier molecular flexibility index (Phi) is 5.97. The number of hydrogen-bond donors (Lipinski definition) is 0. The van der Waals surface area contributed by atoms with E-state index in [0.717, 1.165) is 22.5 Å². The molecule has 2 heterocycles. The van der Waals surface area contributed by atoms with Crippen molar-refractivity contribution in [3.05, 3.63) is 83.8 Å². The van der Waals surface area contributed by atoms with Gasteiger partial charge in [0.2, 0.25) is 0 Å². The van der Waals surface area contributed by atoms with Crippen LogP contribution in [0.15, 0.2) is 67.0 Å². The molecule has 0 fully saturated rings. The monoisotopic (exact) mass is 359 g/mol. The maximum atomic E-state index is 13.2. The van der Waals surface area contributed by atoms with E-state index in [2.05, 4.69) is 23.8 Å². The van der Waals surface area contributed by atoms with E-state index < -0.39 is 0 Å². The molecule has 0 bridgehead atoms. The second kappa shape index (κ2) is 8.58. The van der Waals surface area contributed by atoms with Crippen LogP contribution in [0, 0.1) is 12.8 Å². The predicted molar refractivity (Wildman–Crippen MR) is 108 cm³/mol. The molecule has 0 saturated heterocycles. The molecule has 0 N–H and O–H groups in total. The van der Waals surface area contributed by atoms with Crippen molar-refractivity contribution in [2.24, 2.45) is 5.92 Å². The minimum Gasteiger partial charge on any atom is -0.332 e. The second-order valence-electron chi connectivity index (χ2n) is 7.20. The van der Waals surface area contributed by atoms with E-state index in [-0.39, 0.29) is 5.91 Å². The number of pyridine rings is 2. The van der Waals surface area contributed by atoms with Gasteiger partial charge in [-0.3, -0.25) is 14.8 Å². The van der Waals surface area contributed by atoms with Gasteiger partial charge in [0, 0.05) is 30.1 Å². The quantitative estimate of drug-likeness (QED) is 0.638. The molecule has 0 aliphatic carbocycles. The van der Waals surface area contributed by atoms with Gasteiger partial charge in [0.05, 0.1) is 17.9 Å². The largest absolute Gasteiger partial charge is 0.332 e. The zero-order valence-corrected chi connectivity index (χ0v) is 16.1. The molecule has 1 aromatic carbocycles. The molecule has 0 saturated carbocycles. The second-order valence-corrected chi connectivity index (χ2v) is 7.20. The van der Waals surface area contributed by atoms with Gasteiger partial charge in [-0.1, -0.05) is 32.0 Å². The number of rotatable bonds is 6. The highest BCUT2D eigenvalue weighted by atomic mass is 16.2. The summed E-state index contributed by atoms with van der Waals surface area (Å²) in [4.78, 5) is 23.9. The summed E-state index contributed by atoms with van der Waals surface area (Å²) >= 11 is 0. The first kappa shape index (κ1) is 18.8. The number of benzene rings is 1. The summed E-state index contributed by atoms with van der Waals surface area (Å²) in [7, 11) is 0. The Balaban J connectivity index is 1.88. The third-order valence-corrected chi connectivity index (χ3v) is 4.27. The van der Waals surface area contributed by atoms with Crippen LogP contribution in [-0.4, -0.2) is 27.3 Å². The van der Waals surface area contributed by atoms with Gasteiger partial charge in [0.25, 0.3) is 5.91 Å². The number of hydrogen-bond acceptors (Lipinski definition) is 3. The van der Waals surface area contributed by atoms with E-state index in [1.54, 1.807) is 12.4 Å². The first-order valence-corrected chi connectivity index (χ1v) is 9.25. The normalized spacial score (nSPS) is 10.8. The topological polar surface area (TPSA) is 46.1 Å². The van der Waals surface area contributed by atoms with Crippen LogP contribution >= 0.6 is 0 Å².